The number of fused-ring (bicyclic) bond motifs is 1. The molecule has 5 nitrogen and oxygen atoms in total. The number of thiazole rings is 1. The third kappa shape index (κ3) is 3.46. The van der Waals surface area contributed by atoms with E-state index in [2.05, 4.69) is 10.1 Å². The maximum atomic E-state index is 13.0. The van der Waals surface area contributed by atoms with Crippen LogP contribution >= 0.6 is 23.6 Å². The SMILES string of the molecule is C[C@H](c1nc2ccccc2s1)N(C)Cn1nc(C(F)(F)F)n(C)c1=S. The summed E-state index contributed by atoms with van der Waals surface area (Å²) in [6.07, 6.45) is -4.54. The Morgan fingerprint density at radius 3 is 2.60 bits per heavy atom. The Hall–Kier alpha value is -1.78. The third-order valence-corrected chi connectivity index (χ3v) is 5.67. The molecule has 0 aliphatic carbocycles. The zero-order chi connectivity index (χ0) is 18.4. The molecule has 10 heteroatoms. The molecule has 0 fully saturated rings. The van der Waals surface area contributed by atoms with Gasteiger partial charge in [-0.2, -0.15) is 13.2 Å². The van der Waals surface area contributed by atoms with Gasteiger partial charge in [-0.1, -0.05) is 12.1 Å². The predicted octanol–water partition coefficient (Wildman–Crippen LogP) is 4.23. The van der Waals surface area contributed by atoms with Crippen molar-refractivity contribution in [2.45, 2.75) is 25.8 Å². The lowest BCUT2D eigenvalue weighted by atomic mass is 10.3. The van der Waals surface area contributed by atoms with Crippen molar-refractivity contribution >= 4 is 33.8 Å². The molecule has 1 aromatic carbocycles. The number of hydrogen-bond donors (Lipinski definition) is 0. The van der Waals surface area contributed by atoms with Gasteiger partial charge in [0.05, 0.1) is 22.9 Å². The van der Waals surface area contributed by atoms with Crippen molar-refractivity contribution in [1.82, 2.24) is 24.2 Å². The molecule has 0 aliphatic rings. The summed E-state index contributed by atoms with van der Waals surface area (Å²) >= 11 is 6.65. The first-order valence-electron chi connectivity index (χ1n) is 7.45. The van der Waals surface area contributed by atoms with Gasteiger partial charge in [0.25, 0.3) is 0 Å². The number of halogens is 3. The molecule has 0 N–H and O–H groups in total. The minimum Gasteiger partial charge on any atom is -0.299 e. The van der Waals surface area contributed by atoms with Crippen LogP contribution in [0.15, 0.2) is 24.3 Å². The van der Waals surface area contributed by atoms with E-state index in [9.17, 15) is 13.2 Å². The smallest absolute Gasteiger partial charge is 0.299 e. The maximum Gasteiger partial charge on any atom is 0.451 e. The van der Waals surface area contributed by atoms with E-state index >= 15 is 0 Å². The van der Waals surface area contributed by atoms with E-state index in [0.717, 1.165) is 19.8 Å². The fraction of sp³-hybridized carbons (Fsp3) is 0.400. The molecule has 0 amide bonds. The van der Waals surface area contributed by atoms with Crippen LogP contribution in [0, 0.1) is 4.77 Å². The molecule has 2 aromatic heterocycles. The van der Waals surface area contributed by atoms with Crippen molar-refractivity contribution in [3.63, 3.8) is 0 Å². The van der Waals surface area contributed by atoms with Crippen LogP contribution in [-0.4, -0.2) is 31.3 Å². The molecule has 1 atom stereocenters. The largest absolute Gasteiger partial charge is 0.451 e. The highest BCUT2D eigenvalue weighted by Crippen LogP contribution is 2.30. The van der Waals surface area contributed by atoms with Crippen molar-refractivity contribution in [3.05, 3.63) is 39.9 Å². The standard InChI is InChI=1S/C15H16F3N5S2/c1-9(12-19-10-6-4-5-7-11(10)25-12)21(2)8-23-14(24)22(3)13(20-23)15(16,17)18/h4-7,9H,8H2,1-3H3/t9-/m1/s1. The highest BCUT2D eigenvalue weighted by molar-refractivity contribution is 7.71. The van der Waals surface area contributed by atoms with E-state index in [1.807, 2.05) is 36.1 Å². The van der Waals surface area contributed by atoms with Crippen molar-refractivity contribution in [2.24, 2.45) is 7.05 Å². The van der Waals surface area contributed by atoms with Crippen molar-refractivity contribution < 1.29 is 13.2 Å². The molecule has 0 bridgehead atoms. The number of benzene rings is 1. The van der Waals surface area contributed by atoms with Crippen LogP contribution in [0.25, 0.3) is 10.2 Å². The van der Waals surface area contributed by atoms with Gasteiger partial charge in [-0.25, -0.2) is 9.67 Å². The van der Waals surface area contributed by atoms with Crippen LogP contribution in [-0.2, 0) is 19.9 Å². The summed E-state index contributed by atoms with van der Waals surface area (Å²) in [6, 6.07) is 7.72. The van der Waals surface area contributed by atoms with Gasteiger partial charge in [-0.05, 0) is 38.3 Å². The third-order valence-electron chi connectivity index (χ3n) is 3.98. The molecule has 0 spiro atoms. The lowest BCUT2D eigenvalue weighted by Gasteiger charge is -2.22. The van der Waals surface area contributed by atoms with E-state index in [1.54, 1.807) is 18.4 Å². The molecule has 3 aromatic rings. The Labute approximate surface area is 151 Å². The van der Waals surface area contributed by atoms with Crippen LogP contribution in [0.5, 0.6) is 0 Å². The first-order valence-corrected chi connectivity index (χ1v) is 8.67. The summed E-state index contributed by atoms with van der Waals surface area (Å²) in [5.41, 5.74) is 0.913. The maximum absolute atomic E-state index is 13.0. The summed E-state index contributed by atoms with van der Waals surface area (Å²) in [5.74, 6) is -1.00. The average Bonchev–Trinajstić information content (AvgIpc) is 3.10. The molecule has 0 saturated carbocycles. The van der Waals surface area contributed by atoms with Gasteiger partial charge in [-0.3, -0.25) is 9.47 Å². The highest BCUT2D eigenvalue weighted by atomic mass is 32.1. The number of nitrogens with zero attached hydrogens (tertiary/aromatic N) is 5. The average molecular weight is 387 g/mol. The van der Waals surface area contributed by atoms with Gasteiger partial charge in [0, 0.05) is 7.05 Å². The molecule has 3 rings (SSSR count). The van der Waals surface area contributed by atoms with E-state index in [0.29, 0.717) is 0 Å². The van der Waals surface area contributed by atoms with Crippen molar-refractivity contribution in [1.29, 1.82) is 0 Å². The minimum atomic E-state index is -4.54. The summed E-state index contributed by atoms with van der Waals surface area (Å²) in [6.45, 7) is 2.09. The molecule has 0 unspecified atom stereocenters. The van der Waals surface area contributed by atoms with Gasteiger partial charge in [0.2, 0.25) is 5.82 Å². The molecular weight excluding hydrogens is 371 g/mol. The monoisotopic (exact) mass is 387 g/mol. The molecule has 0 aliphatic heterocycles. The number of aromatic nitrogens is 4. The molecule has 0 radical (unpaired) electrons. The molecule has 0 saturated heterocycles. The second-order valence-electron chi connectivity index (χ2n) is 5.76. The summed E-state index contributed by atoms with van der Waals surface area (Å²) < 4.78 is 42.0. The van der Waals surface area contributed by atoms with E-state index < -0.39 is 12.0 Å². The molecule has 25 heavy (non-hydrogen) atoms. The van der Waals surface area contributed by atoms with Crippen LogP contribution < -0.4 is 0 Å². The Morgan fingerprint density at radius 2 is 2.00 bits per heavy atom. The first-order chi connectivity index (χ1) is 11.7. The number of hydrogen-bond acceptors (Lipinski definition) is 5. The van der Waals surface area contributed by atoms with E-state index in [4.69, 9.17) is 12.2 Å². The van der Waals surface area contributed by atoms with Crippen LogP contribution in [0.3, 0.4) is 0 Å². The first kappa shape index (κ1) is 18.0. The quantitative estimate of drug-likeness (QED) is 0.628. The highest BCUT2D eigenvalue weighted by Gasteiger charge is 2.37. The lowest BCUT2D eigenvalue weighted by molar-refractivity contribution is -0.147. The second kappa shape index (κ2) is 6.50. The Kier molecular flexibility index (Phi) is 4.69. The van der Waals surface area contributed by atoms with Crippen LogP contribution in [0.4, 0.5) is 13.2 Å². The minimum absolute atomic E-state index is 0.0238. The van der Waals surface area contributed by atoms with Crippen molar-refractivity contribution in [3.8, 4) is 0 Å². The summed E-state index contributed by atoms with van der Waals surface area (Å²) in [5, 5.41) is 4.52. The normalized spacial score (nSPS) is 13.7. The molecule has 2 heterocycles. The number of para-hydroxylation sites is 1. The topological polar surface area (TPSA) is 38.9 Å². The fourth-order valence-electron chi connectivity index (χ4n) is 2.42. The Bertz CT molecular complexity index is 923. The van der Waals surface area contributed by atoms with Gasteiger partial charge in [0.1, 0.15) is 5.01 Å². The van der Waals surface area contributed by atoms with Gasteiger partial charge >= 0.3 is 6.18 Å². The van der Waals surface area contributed by atoms with Gasteiger partial charge in [-0.15, -0.1) is 16.4 Å². The molecular formula is C15H16F3N5S2. The Morgan fingerprint density at radius 1 is 1.32 bits per heavy atom. The predicted molar refractivity (Wildman–Crippen MR) is 92.8 cm³/mol. The van der Waals surface area contributed by atoms with Crippen LogP contribution in [0.1, 0.15) is 23.8 Å². The summed E-state index contributed by atoms with van der Waals surface area (Å²) in [4.78, 5) is 6.46. The van der Waals surface area contributed by atoms with Gasteiger partial charge < -0.3 is 0 Å². The number of rotatable bonds is 4. The Balaban J connectivity index is 1.84. The molecule has 134 valence electrons. The lowest BCUT2D eigenvalue weighted by Crippen LogP contribution is -2.26. The second-order valence-corrected chi connectivity index (χ2v) is 7.18. The summed E-state index contributed by atoms with van der Waals surface area (Å²) in [7, 11) is 3.08. The van der Waals surface area contributed by atoms with E-state index in [-0.39, 0.29) is 17.5 Å². The van der Waals surface area contributed by atoms with E-state index in [1.165, 1.54) is 11.7 Å². The van der Waals surface area contributed by atoms with Crippen molar-refractivity contribution in [2.75, 3.05) is 7.05 Å². The fourth-order valence-corrected chi connectivity index (χ4v) is 3.69. The zero-order valence-electron chi connectivity index (χ0n) is 13.8. The zero-order valence-corrected chi connectivity index (χ0v) is 15.4. The number of alkyl halides is 3. The van der Waals surface area contributed by atoms with Gasteiger partial charge in [0.15, 0.2) is 4.77 Å². The van der Waals surface area contributed by atoms with Crippen LogP contribution in [0.2, 0.25) is 0 Å².